The minimum absolute atomic E-state index is 0.0396. The smallest absolute Gasteiger partial charge is 0.126 e. The number of aromatic amines is 1. The van der Waals surface area contributed by atoms with Gasteiger partial charge in [0.15, 0.2) is 0 Å². The molecule has 1 aliphatic rings. The van der Waals surface area contributed by atoms with Crippen LogP contribution in [-0.2, 0) is 16.1 Å². The molecule has 1 aromatic heterocycles. The maximum absolute atomic E-state index is 11.5. The Morgan fingerprint density at radius 2 is 2.03 bits per heavy atom. The van der Waals surface area contributed by atoms with Gasteiger partial charge in [0.2, 0.25) is 0 Å². The van der Waals surface area contributed by atoms with Crippen LogP contribution in [0.2, 0.25) is 0 Å². The van der Waals surface area contributed by atoms with Crippen molar-refractivity contribution in [3.05, 3.63) is 17.5 Å². The van der Waals surface area contributed by atoms with Crippen LogP contribution in [0.5, 0.6) is 0 Å². The molecule has 0 aliphatic heterocycles. The van der Waals surface area contributed by atoms with Crippen molar-refractivity contribution in [2.75, 3.05) is 54.0 Å². The summed E-state index contributed by atoms with van der Waals surface area (Å²) in [5, 5.41) is 10.9. The summed E-state index contributed by atoms with van der Waals surface area (Å²) in [4.78, 5) is 16.4. The lowest BCUT2D eigenvalue weighted by Gasteiger charge is -2.38. The number of hydrogen-bond acceptors (Lipinski definition) is 6. The first kappa shape index (κ1) is 26.0. The van der Waals surface area contributed by atoms with Gasteiger partial charge in [0.05, 0.1) is 18.7 Å². The molecule has 1 heterocycles. The molecule has 31 heavy (non-hydrogen) atoms. The summed E-state index contributed by atoms with van der Waals surface area (Å²) >= 11 is 0. The van der Waals surface area contributed by atoms with Gasteiger partial charge in [-0.05, 0) is 58.7 Å². The molecular formula is C24H45N5O2. The van der Waals surface area contributed by atoms with Gasteiger partial charge in [0, 0.05) is 56.5 Å². The molecule has 0 bridgehead atoms. The molecular weight excluding hydrogens is 390 g/mol. The van der Waals surface area contributed by atoms with Crippen LogP contribution in [0, 0.1) is 11.8 Å². The van der Waals surface area contributed by atoms with E-state index in [2.05, 4.69) is 46.2 Å². The van der Waals surface area contributed by atoms with E-state index in [1.165, 1.54) is 43.4 Å². The number of aromatic nitrogens is 2. The molecule has 1 saturated carbocycles. The van der Waals surface area contributed by atoms with Gasteiger partial charge in [-0.1, -0.05) is 13.8 Å². The summed E-state index contributed by atoms with van der Waals surface area (Å²) in [5.74, 6) is 1.19. The molecule has 178 valence electrons. The second-order valence-corrected chi connectivity index (χ2v) is 9.68. The quantitative estimate of drug-likeness (QED) is 0.413. The first-order valence-corrected chi connectivity index (χ1v) is 12.0. The van der Waals surface area contributed by atoms with Crippen molar-refractivity contribution in [1.29, 1.82) is 0 Å². The lowest BCUT2D eigenvalue weighted by molar-refractivity contribution is -0.113. The first-order valence-electron chi connectivity index (χ1n) is 12.0. The Bertz CT molecular complexity index is 613. The summed E-state index contributed by atoms with van der Waals surface area (Å²) < 4.78 is 5.27. The third kappa shape index (κ3) is 8.64. The lowest BCUT2D eigenvalue weighted by atomic mass is 9.82. The van der Waals surface area contributed by atoms with Crippen molar-refractivity contribution in [3.8, 4) is 0 Å². The van der Waals surface area contributed by atoms with E-state index in [4.69, 9.17) is 4.74 Å². The van der Waals surface area contributed by atoms with Crippen LogP contribution in [0.25, 0.3) is 0 Å². The molecule has 0 amide bonds. The van der Waals surface area contributed by atoms with Crippen molar-refractivity contribution in [2.45, 2.75) is 64.5 Å². The van der Waals surface area contributed by atoms with Gasteiger partial charge < -0.3 is 19.7 Å². The van der Waals surface area contributed by atoms with Crippen LogP contribution in [0.15, 0.2) is 6.20 Å². The highest BCUT2D eigenvalue weighted by molar-refractivity contribution is 5.54. The fourth-order valence-electron chi connectivity index (χ4n) is 4.70. The van der Waals surface area contributed by atoms with Crippen LogP contribution in [-0.4, -0.2) is 86.3 Å². The number of aldehydes is 1. The number of carbonyl (C=O) groups is 1. The van der Waals surface area contributed by atoms with Crippen LogP contribution >= 0.6 is 0 Å². The first-order chi connectivity index (χ1) is 15.0. The summed E-state index contributed by atoms with van der Waals surface area (Å²) in [5.41, 5.74) is 2.66. The number of ether oxygens (including phenoxy) is 1. The van der Waals surface area contributed by atoms with Crippen molar-refractivity contribution in [3.63, 3.8) is 0 Å². The molecule has 1 atom stereocenters. The summed E-state index contributed by atoms with van der Waals surface area (Å²) in [6, 6.07) is 0.555. The average Bonchev–Trinajstić information content (AvgIpc) is 3.22. The predicted molar refractivity (Wildman–Crippen MR) is 126 cm³/mol. The molecule has 7 nitrogen and oxygen atoms in total. The van der Waals surface area contributed by atoms with Crippen LogP contribution in [0.4, 0.5) is 0 Å². The summed E-state index contributed by atoms with van der Waals surface area (Å²) in [6.07, 6.45) is 8.94. The molecule has 1 aliphatic carbocycles. The Morgan fingerprint density at radius 3 is 2.65 bits per heavy atom. The maximum Gasteiger partial charge on any atom is 0.126 e. The fourth-order valence-corrected chi connectivity index (χ4v) is 4.70. The zero-order valence-corrected chi connectivity index (χ0v) is 20.4. The van der Waals surface area contributed by atoms with Gasteiger partial charge in [0.1, 0.15) is 6.29 Å². The Kier molecular flexibility index (Phi) is 11.7. The van der Waals surface area contributed by atoms with E-state index in [0.29, 0.717) is 24.5 Å². The highest BCUT2D eigenvalue weighted by Gasteiger charge is 2.30. The molecule has 0 radical (unpaired) electrons. The van der Waals surface area contributed by atoms with Gasteiger partial charge in [-0.2, -0.15) is 5.10 Å². The van der Waals surface area contributed by atoms with E-state index in [0.717, 1.165) is 39.0 Å². The van der Waals surface area contributed by atoms with E-state index < -0.39 is 0 Å². The van der Waals surface area contributed by atoms with E-state index >= 15 is 0 Å². The molecule has 2 N–H and O–H groups in total. The van der Waals surface area contributed by atoms with Gasteiger partial charge >= 0.3 is 0 Å². The number of nitrogens with one attached hydrogen (secondary N) is 2. The minimum Gasteiger partial charge on any atom is -0.384 e. The number of nitrogens with zero attached hydrogens (tertiary/aromatic N) is 3. The molecule has 0 saturated heterocycles. The molecule has 2 rings (SSSR count). The summed E-state index contributed by atoms with van der Waals surface area (Å²) in [6.45, 7) is 9.88. The normalized spacial score (nSPS) is 20.6. The van der Waals surface area contributed by atoms with Gasteiger partial charge in [-0.25, -0.2) is 0 Å². The third-order valence-corrected chi connectivity index (χ3v) is 6.59. The van der Waals surface area contributed by atoms with Crippen molar-refractivity contribution >= 4 is 6.29 Å². The zero-order chi connectivity index (χ0) is 22.6. The van der Waals surface area contributed by atoms with Gasteiger partial charge in [0.25, 0.3) is 0 Å². The number of carbonyl (C=O) groups excluding carboxylic acids is 1. The molecule has 1 unspecified atom stereocenters. The fraction of sp³-hybridized carbons (Fsp3) is 0.833. The van der Waals surface area contributed by atoms with E-state index in [1.54, 1.807) is 7.11 Å². The Hall–Kier alpha value is -1.28. The molecule has 0 spiro atoms. The van der Waals surface area contributed by atoms with Crippen molar-refractivity contribution in [1.82, 2.24) is 25.3 Å². The van der Waals surface area contributed by atoms with Crippen LogP contribution in [0.1, 0.15) is 63.1 Å². The topological polar surface area (TPSA) is 73.5 Å². The monoisotopic (exact) mass is 435 g/mol. The molecule has 0 aromatic carbocycles. The highest BCUT2D eigenvalue weighted by atomic mass is 16.5. The number of rotatable bonds is 15. The van der Waals surface area contributed by atoms with Gasteiger partial charge in [-0.3, -0.25) is 10.00 Å². The average molecular weight is 436 g/mol. The standard InChI is InChI=1S/C24H45N5O2/c1-19(2)10-12-29(15-20(17-30)18-31-5)23-8-6-21(7-9-23)24-22(14-26-27-24)16-28(4)13-11-25-3/h14,17,19-21,23,25H,6-13,15-16,18H2,1-5H3,(H,26,27). The lowest BCUT2D eigenvalue weighted by Crippen LogP contribution is -2.43. The van der Waals surface area contributed by atoms with Crippen LogP contribution in [0.3, 0.4) is 0 Å². The number of H-pyrrole nitrogens is 1. The Balaban J connectivity index is 1.95. The SMILES string of the molecule is CNCCN(C)Cc1cn[nH]c1C1CCC(N(CCC(C)C)CC(C=O)COC)CC1. The Labute approximate surface area is 189 Å². The van der Waals surface area contributed by atoms with E-state index in [1.807, 2.05) is 13.2 Å². The number of methoxy groups -OCH3 is 1. The van der Waals surface area contributed by atoms with Gasteiger partial charge in [-0.15, -0.1) is 0 Å². The summed E-state index contributed by atoms with van der Waals surface area (Å²) in [7, 11) is 5.84. The van der Waals surface area contributed by atoms with Crippen LogP contribution < -0.4 is 5.32 Å². The second kappa shape index (κ2) is 14.0. The van der Waals surface area contributed by atoms with E-state index in [-0.39, 0.29) is 5.92 Å². The maximum atomic E-state index is 11.5. The van der Waals surface area contributed by atoms with Crippen molar-refractivity contribution < 1.29 is 9.53 Å². The minimum atomic E-state index is -0.0396. The number of hydrogen-bond donors (Lipinski definition) is 2. The largest absolute Gasteiger partial charge is 0.384 e. The molecule has 7 heteroatoms. The van der Waals surface area contributed by atoms with Crippen molar-refractivity contribution in [2.24, 2.45) is 11.8 Å². The second-order valence-electron chi connectivity index (χ2n) is 9.68. The van der Waals surface area contributed by atoms with E-state index in [9.17, 15) is 4.79 Å². The predicted octanol–water partition coefficient (Wildman–Crippen LogP) is 2.90. The third-order valence-electron chi connectivity index (χ3n) is 6.59. The zero-order valence-electron chi connectivity index (χ0n) is 20.4. The highest BCUT2D eigenvalue weighted by Crippen LogP contribution is 2.36. The Morgan fingerprint density at radius 1 is 1.29 bits per heavy atom. The molecule has 1 aromatic rings. The molecule has 1 fully saturated rings. The number of likely N-dealkylation sites (N-methyl/N-ethyl adjacent to an activating group) is 2.